The fraction of sp³-hybridized carbons (Fsp3) is 0.571. The molecule has 2 rings (SSSR count). The smallest absolute Gasteiger partial charge is 0.138 e. The topological polar surface area (TPSA) is 63.8 Å². The fourth-order valence-corrected chi connectivity index (χ4v) is 3.05. The van der Waals surface area contributed by atoms with Gasteiger partial charge in [-0.2, -0.15) is 0 Å². The number of hydrogen-bond acceptors (Lipinski definition) is 5. The Kier molecular flexibility index (Phi) is 4.37. The van der Waals surface area contributed by atoms with Crippen LogP contribution in [0.25, 0.3) is 10.2 Å². The van der Waals surface area contributed by atoms with Crippen LogP contribution in [0.5, 0.6) is 0 Å². The van der Waals surface area contributed by atoms with Crippen LogP contribution < -0.4 is 11.1 Å². The number of hydrogen-bond donors (Lipinski definition) is 2. The molecule has 0 bridgehead atoms. The van der Waals surface area contributed by atoms with Crippen LogP contribution in [0.2, 0.25) is 0 Å². The van der Waals surface area contributed by atoms with E-state index in [0.29, 0.717) is 6.54 Å². The quantitative estimate of drug-likeness (QED) is 0.852. The molecular formula is C14H22N4S. The van der Waals surface area contributed by atoms with E-state index in [4.69, 9.17) is 5.73 Å². The molecule has 0 aromatic carbocycles. The Morgan fingerprint density at radius 3 is 2.79 bits per heavy atom. The first kappa shape index (κ1) is 14.2. The fourth-order valence-electron chi connectivity index (χ4n) is 2.11. The van der Waals surface area contributed by atoms with E-state index in [1.807, 2.05) is 0 Å². The zero-order chi connectivity index (χ0) is 13.9. The van der Waals surface area contributed by atoms with Gasteiger partial charge in [-0.05, 0) is 38.8 Å². The van der Waals surface area contributed by atoms with Crippen LogP contribution >= 0.6 is 11.3 Å². The van der Waals surface area contributed by atoms with Gasteiger partial charge in [0.05, 0.1) is 5.39 Å². The van der Waals surface area contributed by atoms with Crippen LogP contribution in [0.1, 0.15) is 38.5 Å². The summed E-state index contributed by atoms with van der Waals surface area (Å²) in [5.41, 5.74) is 5.70. The summed E-state index contributed by atoms with van der Waals surface area (Å²) in [6.45, 7) is 7.21. The Bertz CT molecular complexity index is 551. The maximum Gasteiger partial charge on any atom is 0.138 e. The summed E-state index contributed by atoms with van der Waals surface area (Å²) in [6, 6.07) is 2.20. The van der Waals surface area contributed by atoms with Crippen molar-refractivity contribution in [2.75, 3.05) is 11.9 Å². The third-order valence-electron chi connectivity index (χ3n) is 3.63. The molecule has 2 aromatic heterocycles. The van der Waals surface area contributed by atoms with Gasteiger partial charge in [-0.15, -0.1) is 11.3 Å². The normalized spacial score (nSPS) is 14.5. The number of aryl methyl sites for hydroxylation is 1. The number of aromatic nitrogens is 2. The Labute approximate surface area is 118 Å². The van der Waals surface area contributed by atoms with Gasteiger partial charge in [0.25, 0.3) is 0 Å². The minimum atomic E-state index is -0.00958. The number of nitrogens with zero attached hydrogens (tertiary/aromatic N) is 2. The summed E-state index contributed by atoms with van der Waals surface area (Å²) < 4.78 is 0. The number of rotatable bonds is 6. The summed E-state index contributed by atoms with van der Waals surface area (Å²) >= 11 is 1.74. The molecule has 5 heteroatoms. The monoisotopic (exact) mass is 278 g/mol. The Morgan fingerprint density at radius 1 is 1.37 bits per heavy atom. The minimum Gasteiger partial charge on any atom is -0.364 e. The van der Waals surface area contributed by atoms with E-state index in [9.17, 15) is 0 Å². The van der Waals surface area contributed by atoms with E-state index in [0.717, 1.165) is 35.3 Å². The molecule has 0 spiro atoms. The molecule has 0 aliphatic carbocycles. The van der Waals surface area contributed by atoms with Gasteiger partial charge in [0.2, 0.25) is 0 Å². The van der Waals surface area contributed by atoms with Crippen molar-refractivity contribution in [2.24, 2.45) is 5.73 Å². The average molecular weight is 278 g/mol. The number of thiophene rings is 1. The summed E-state index contributed by atoms with van der Waals surface area (Å²) in [7, 11) is 0. The average Bonchev–Trinajstić information content (AvgIpc) is 2.83. The Morgan fingerprint density at radius 2 is 2.16 bits per heavy atom. The molecule has 3 N–H and O–H groups in total. The summed E-state index contributed by atoms with van der Waals surface area (Å²) in [4.78, 5) is 11.2. The second-order valence-electron chi connectivity index (χ2n) is 5.09. The van der Waals surface area contributed by atoms with E-state index < -0.39 is 0 Å². The van der Waals surface area contributed by atoms with Crippen molar-refractivity contribution in [1.29, 1.82) is 0 Å². The van der Waals surface area contributed by atoms with Crippen LogP contribution in [-0.2, 0) is 6.42 Å². The van der Waals surface area contributed by atoms with E-state index in [1.54, 1.807) is 17.7 Å². The van der Waals surface area contributed by atoms with Gasteiger partial charge in [-0.1, -0.05) is 13.8 Å². The lowest BCUT2D eigenvalue weighted by molar-refractivity contribution is 0.462. The maximum atomic E-state index is 5.71. The zero-order valence-corrected chi connectivity index (χ0v) is 12.7. The molecule has 2 aromatic rings. The van der Waals surface area contributed by atoms with E-state index >= 15 is 0 Å². The predicted molar refractivity (Wildman–Crippen MR) is 82.8 cm³/mol. The molecule has 1 atom stereocenters. The molecule has 0 fully saturated rings. The highest BCUT2D eigenvalue weighted by molar-refractivity contribution is 7.18. The molecule has 1 unspecified atom stereocenters. The van der Waals surface area contributed by atoms with Crippen LogP contribution in [0, 0.1) is 0 Å². The molecular weight excluding hydrogens is 256 g/mol. The van der Waals surface area contributed by atoms with Crippen molar-refractivity contribution in [3.8, 4) is 0 Å². The molecule has 0 amide bonds. The van der Waals surface area contributed by atoms with Crippen molar-refractivity contribution in [1.82, 2.24) is 9.97 Å². The molecule has 0 saturated carbocycles. The van der Waals surface area contributed by atoms with Crippen molar-refractivity contribution in [3.05, 3.63) is 17.3 Å². The van der Waals surface area contributed by atoms with Gasteiger partial charge in [0, 0.05) is 10.4 Å². The zero-order valence-electron chi connectivity index (χ0n) is 11.9. The second kappa shape index (κ2) is 5.84. The molecule has 0 saturated heterocycles. The lowest BCUT2D eigenvalue weighted by atomic mass is 9.94. The van der Waals surface area contributed by atoms with E-state index in [-0.39, 0.29) is 5.54 Å². The lowest BCUT2D eigenvalue weighted by Crippen LogP contribution is -2.36. The van der Waals surface area contributed by atoms with E-state index in [1.165, 1.54) is 4.88 Å². The summed E-state index contributed by atoms with van der Waals surface area (Å²) in [6.07, 6.45) is 4.62. The van der Waals surface area contributed by atoms with Crippen molar-refractivity contribution < 1.29 is 0 Å². The molecule has 2 heterocycles. The molecule has 4 nitrogen and oxygen atoms in total. The van der Waals surface area contributed by atoms with Gasteiger partial charge >= 0.3 is 0 Å². The lowest BCUT2D eigenvalue weighted by Gasteiger charge is -2.30. The first-order valence-electron chi connectivity index (χ1n) is 6.83. The number of nitrogens with two attached hydrogens (primary N) is 1. The van der Waals surface area contributed by atoms with Crippen molar-refractivity contribution >= 4 is 27.4 Å². The van der Waals surface area contributed by atoms with Gasteiger partial charge in [0.1, 0.15) is 17.0 Å². The molecule has 104 valence electrons. The number of nitrogens with one attached hydrogen (secondary N) is 1. The molecule has 19 heavy (non-hydrogen) atoms. The third kappa shape index (κ3) is 3.04. The van der Waals surface area contributed by atoms with E-state index in [2.05, 4.69) is 42.1 Å². The van der Waals surface area contributed by atoms with Gasteiger partial charge in [0.15, 0.2) is 0 Å². The van der Waals surface area contributed by atoms with Gasteiger partial charge in [-0.25, -0.2) is 9.97 Å². The van der Waals surface area contributed by atoms with Crippen LogP contribution in [0.3, 0.4) is 0 Å². The second-order valence-corrected chi connectivity index (χ2v) is 6.20. The summed E-state index contributed by atoms with van der Waals surface area (Å²) in [5, 5.41) is 4.69. The van der Waals surface area contributed by atoms with Gasteiger partial charge in [-0.3, -0.25) is 0 Å². The SMILES string of the molecule is CCc1cc2c(NC(C)(CC)CCN)ncnc2s1. The van der Waals surface area contributed by atoms with Crippen LogP contribution in [-0.4, -0.2) is 22.1 Å². The van der Waals surface area contributed by atoms with Crippen LogP contribution in [0.4, 0.5) is 5.82 Å². The van der Waals surface area contributed by atoms with Gasteiger partial charge < -0.3 is 11.1 Å². The first-order valence-corrected chi connectivity index (χ1v) is 7.65. The first-order chi connectivity index (χ1) is 9.11. The molecule has 0 radical (unpaired) electrons. The largest absolute Gasteiger partial charge is 0.364 e. The van der Waals surface area contributed by atoms with Crippen LogP contribution in [0.15, 0.2) is 12.4 Å². The number of anilines is 1. The highest BCUT2D eigenvalue weighted by atomic mass is 32.1. The standard InChI is InChI=1S/C14H22N4S/c1-4-10-8-11-12(16-9-17-13(11)19-10)18-14(3,5-2)6-7-15/h8-9H,4-7,15H2,1-3H3,(H,16,17,18). The minimum absolute atomic E-state index is 0.00958. The third-order valence-corrected chi connectivity index (χ3v) is 4.81. The van der Waals surface area contributed by atoms with Crippen molar-refractivity contribution in [2.45, 2.75) is 45.6 Å². The molecule has 0 aliphatic rings. The summed E-state index contributed by atoms with van der Waals surface area (Å²) in [5.74, 6) is 0.929. The maximum absolute atomic E-state index is 5.71. The number of fused-ring (bicyclic) bond motifs is 1. The Hall–Kier alpha value is -1.20. The highest BCUT2D eigenvalue weighted by Crippen LogP contribution is 2.31. The highest BCUT2D eigenvalue weighted by Gasteiger charge is 2.22. The predicted octanol–water partition coefficient (Wildman–Crippen LogP) is 3.18. The molecule has 0 aliphatic heterocycles. The Balaban J connectivity index is 2.36. The van der Waals surface area contributed by atoms with Crippen molar-refractivity contribution in [3.63, 3.8) is 0 Å².